The third kappa shape index (κ3) is 8.10. The van der Waals surface area contributed by atoms with Crippen molar-refractivity contribution in [2.75, 3.05) is 0 Å². The lowest BCUT2D eigenvalue weighted by molar-refractivity contribution is 0.590. The zero-order valence-corrected chi connectivity index (χ0v) is 47.3. The lowest BCUT2D eigenvalue weighted by Crippen LogP contribution is -2.15. The molecule has 3 heterocycles. The highest BCUT2D eigenvalue weighted by atomic mass is 15.1. The smallest absolute Gasteiger partial charge is 0.104 e. The maximum Gasteiger partial charge on any atom is 0.104 e. The average Bonchev–Trinajstić information content (AvgIpc) is 3.47. The van der Waals surface area contributed by atoms with Crippen LogP contribution in [0.5, 0.6) is 0 Å². The van der Waals surface area contributed by atoms with Crippen molar-refractivity contribution >= 4 is 65.4 Å². The largest absolute Gasteiger partial charge is 0.306 e. The van der Waals surface area contributed by atoms with Crippen molar-refractivity contribution < 1.29 is 0 Å². The minimum atomic E-state index is -0.177. The fraction of sp³-hybridized carbons (Fsp3) is 0.219. The van der Waals surface area contributed by atoms with E-state index >= 15 is 0 Å². The first-order chi connectivity index (χ1) is 37.6. The van der Waals surface area contributed by atoms with Crippen LogP contribution in [-0.2, 0) is 21.7 Å². The molecule has 0 saturated heterocycles. The number of hydrogen-bond acceptors (Lipinski definition) is 3. The maximum absolute atomic E-state index is 12.3. The van der Waals surface area contributed by atoms with Gasteiger partial charge >= 0.3 is 0 Å². The monoisotopic (exact) mass is 1020 g/mol. The molecule has 0 bridgehead atoms. The number of benzene rings is 9. The topological polar surface area (TPSA) is 86.2 Å². The molecule has 9 aromatic carbocycles. The van der Waals surface area contributed by atoms with Gasteiger partial charge in [-0.05, 0) is 139 Å². The highest BCUT2D eigenvalue weighted by molar-refractivity contribution is 6.15. The summed E-state index contributed by atoms with van der Waals surface area (Å²) in [4.78, 5) is 0. The van der Waals surface area contributed by atoms with Gasteiger partial charge in [0.25, 0.3) is 0 Å². The maximum atomic E-state index is 12.3. The van der Waals surface area contributed by atoms with E-state index in [2.05, 4.69) is 273 Å². The van der Waals surface area contributed by atoms with Crippen molar-refractivity contribution in [3.8, 4) is 57.5 Å². The van der Waals surface area contributed by atoms with Crippen LogP contribution in [0.2, 0.25) is 0 Å². The Bertz CT molecular complexity index is 4360. The zero-order chi connectivity index (χ0) is 55.7. The standard InChI is InChI=1S/C73H64N6/c1-70(2,3)48-25-31-63-54(37-48)52-35-46(44-19-15-13-16-20-44)23-29-61(52)77(63)67-58(41-74)68(78-62-30-24-47(45-21-17-14-18-22-45)36-53(62)55-38-49(71(4,5)6)26-32-64(55)78)60(43-76)69(59(67)42-75)79-65-33-27-50(72(7,8)9)39-56(65)57-40-51(73(10,11)12)28-34-66(57)79/h13-40H,1-12H3. The molecule has 0 aliphatic carbocycles. The van der Waals surface area contributed by atoms with Crippen LogP contribution in [0.1, 0.15) is 122 Å². The highest BCUT2D eigenvalue weighted by Crippen LogP contribution is 2.48. The van der Waals surface area contributed by atoms with Crippen LogP contribution in [-0.4, -0.2) is 13.7 Å². The Morgan fingerprint density at radius 2 is 0.494 bits per heavy atom. The molecule has 0 N–H and O–H groups in total. The molecular weight excluding hydrogens is 961 g/mol. The molecule has 0 aliphatic rings. The van der Waals surface area contributed by atoms with Crippen LogP contribution < -0.4 is 0 Å². The van der Waals surface area contributed by atoms with Gasteiger partial charge in [0, 0.05) is 32.3 Å². The number of rotatable bonds is 5. The summed E-state index contributed by atoms with van der Waals surface area (Å²) in [5.41, 5.74) is 15.3. The number of fused-ring (bicyclic) bond motifs is 9. The summed E-state index contributed by atoms with van der Waals surface area (Å²) in [7, 11) is 0. The second-order valence-corrected chi connectivity index (χ2v) is 25.6. The first-order valence-electron chi connectivity index (χ1n) is 27.4. The van der Waals surface area contributed by atoms with E-state index in [-0.39, 0.29) is 38.4 Å². The van der Waals surface area contributed by atoms with Gasteiger partial charge in [-0.1, -0.05) is 180 Å². The molecular formula is C73H64N6. The fourth-order valence-electron chi connectivity index (χ4n) is 12.0. The molecule has 12 aromatic rings. The Morgan fingerprint density at radius 3 is 0.722 bits per heavy atom. The molecule has 0 atom stereocenters. The predicted molar refractivity (Wildman–Crippen MR) is 329 cm³/mol. The van der Waals surface area contributed by atoms with Crippen molar-refractivity contribution in [3.05, 3.63) is 209 Å². The Labute approximate surface area is 463 Å². The average molecular weight is 1030 g/mol. The molecule has 0 amide bonds. The number of hydrogen-bond donors (Lipinski definition) is 0. The van der Waals surface area contributed by atoms with Crippen LogP contribution in [0.25, 0.3) is 105 Å². The molecule has 6 nitrogen and oxygen atoms in total. The summed E-state index contributed by atoms with van der Waals surface area (Å²) in [5, 5.41) is 42.9. The first-order valence-corrected chi connectivity index (χ1v) is 27.4. The number of nitrogens with zero attached hydrogens (tertiary/aromatic N) is 6. The van der Waals surface area contributed by atoms with E-state index in [0.717, 1.165) is 98.8 Å². The molecule has 386 valence electrons. The van der Waals surface area contributed by atoms with Crippen molar-refractivity contribution in [2.45, 2.75) is 105 Å². The molecule has 79 heavy (non-hydrogen) atoms. The van der Waals surface area contributed by atoms with Gasteiger partial charge in [-0.2, -0.15) is 15.8 Å². The van der Waals surface area contributed by atoms with Crippen LogP contribution in [0.3, 0.4) is 0 Å². The van der Waals surface area contributed by atoms with Crippen molar-refractivity contribution in [2.24, 2.45) is 0 Å². The quantitative estimate of drug-likeness (QED) is 0.172. The highest BCUT2D eigenvalue weighted by Gasteiger charge is 2.34. The zero-order valence-electron chi connectivity index (χ0n) is 47.3. The Kier molecular flexibility index (Phi) is 11.5. The molecule has 0 aliphatic heterocycles. The van der Waals surface area contributed by atoms with E-state index in [1.807, 2.05) is 12.1 Å². The second kappa shape index (κ2) is 18.0. The molecule has 3 aromatic heterocycles. The van der Waals surface area contributed by atoms with E-state index in [0.29, 0.717) is 17.1 Å². The summed E-state index contributed by atoms with van der Waals surface area (Å²) >= 11 is 0. The molecule has 0 unspecified atom stereocenters. The van der Waals surface area contributed by atoms with Gasteiger partial charge in [-0.3, -0.25) is 0 Å². The summed E-state index contributed by atoms with van der Waals surface area (Å²) in [6.07, 6.45) is 0. The number of aromatic nitrogens is 3. The van der Waals surface area contributed by atoms with Gasteiger partial charge < -0.3 is 13.7 Å². The van der Waals surface area contributed by atoms with Gasteiger partial charge in [0.1, 0.15) is 34.9 Å². The van der Waals surface area contributed by atoms with Gasteiger partial charge in [0.15, 0.2) is 0 Å². The summed E-state index contributed by atoms with van der Waals surface area (Å²) in [6, 6.07) is 68.5. The minimum Gasteiger partial charge on any atom is -0.306 e. The van der Waals surface area contributed by atoms with Crippen molar-refractivity contribution in [1.82, 2.24) is 13.7 Å². The van der Waals surface area contributed by atoms with Crippen LogP contribution in [0.15, 0.2) is 170 Å². The van der Waals surface area contributed by atoms with Gasteiger partial charge in [-0.15, -0.1) is 0 Å². The summed E-state index contributed by atoms with van der Waals surface area (Å²) in [5.74, 6) is 0. The second-order valence-electron chi connectivity index (χ2n) is 25.6. The predicted octanol–water partition coefficient (Wildman–Crippen LogP) is 19.1. The first kappa shape index (κ1) is 50.7. The van der Waals surface area contributed by atoms with E-state index in [4.69, 9.17) is 0 Å². The third-order valence-corrected chi connectivity index (χ3v) is 16.4. The lowest BCUT2D eigenvalue weighted by Gasteiger charge is -2.24. The number of nitriles is 3. The van der Waals surface area contributed by atoms with Crippen LogP contribution >= 0.6 is 0 Å². The van der Waals surface area contributed by atoms with E-state index in [1.54, 1.807) is 0 Å². The Hall–Kier alpha value is -9.15. The summed E-state index contributed by atoms with van der Waals surface area (Å²) < 4.78 is 6.42. The van der Waals surface area contributed by atoms with E-state index < -0.39 is 0 Å². The van der Waals surface area contributed by atoms with E-state index in [1.165, 1.54) is 11.1 Å². The molecule has 0 spiro atoms. The third-order valence-electron chi connectivity index (χ3n) is 16.4. The van der Waals surface area contributed by atoms with Crippen molar-refractivity contribution in [1.29, 1.82) is 15.8 Å². The van der Waals surface area contributed by atoms with Crippen LogP contribution in [0.4, 0.5) is 0 Å². The van der Waals surface area contributed by atoms with Gasteiger partial charge in [0.05, 0.1) is 50.2 Å². The lowest BCUT2D eigenvalue weighted by atomic mass is 9.85. The van der Waals surface area contributed by atoms with Crippen molar-refractivity contribution in [3.63, 3.8) is 0 Å². The van der Waals surface area contributed by atoms with Gasteiger partial charge in [0.2, 0.25) is 0 Å². The SMILES string of the molecule is CC(C)(C)c1ccc2c(c1)c1cc(-c3ccccc3)ccc1n2-c1c(C#N)c(-n2c3ccc(-c4ccccc4)cc3c3cc(C(C)(C)C)ccc32)c(C#N)c(-n2c3ccc(C(C)(C)C)cc3c3cc(C(C)(C)C)ccc32)c1C#N. The minimum absolute atomic E-state index is 0.164. The Balaban J connectivity index is 1.32. The normalized spacial score (nSPS) is 12.5. The van der Waals surface area contributed by atoms with E-state index in [9.17, 15) is 15.8 Å². The summed E-state index contributed by atoms with van der Waals surface area (Å²) in [6.45, 7) is 26.7. The molecule has 0 fully saturated rings. The molecule has 0 saturated carbocycles. The van der Waals surface area contributed by atoms with Gasteiger partial charge in [-0.25, -0.2) is 0 Å². The van der Waals surface area contributed by atoms with Crippen LogP contribution in [0, 0.1) is 34.0 Å². The Morgan fingerprint density at radius 1 is 0.266 bits per heavy atom. The molecule has 0 radical (unpaired) electrons. The molecule has 6 heteroatoms. The fourth-order valence-corrected chi connectivity index (χ4v) is 12.0. The molecule has 12 rings (SSSR count).